The number of hydrogen-bond acceptors (Lipinski definition) is 4. The van der Waals surface area contributed by atoms with Gasteiger partial charge in [0.15, 0.2) is 0 Å². The number of anilines is 1. The first-order valence-electron chi connectivity index (χ1n) is 6.86. The fraction of sp³-hybridized carbons (Fsp3) is 0.571. The van der Waals surface area contributed by atoms with Gasteiger partial charge in [-0.2, -0.15) is 11.8 Å². The highest BCUT2D eigenvalue weighted by Gasteiger charge is 2.30. The molecule has 2 heterocycles. The molecular weight excluding hydrogens is 338 g/mol. The number of amides is 1. The van der Waals surface area contributed by atoms with Crippen molar-refractivity contribution < 1.29 is 4.79 Å². The summed E-state index contributed by atoms with van der Waals surface area (Å²) in [4.78, 5) is 16.6. The largest absolute Gasteiger partial charge is 0.370 e. The van der Waals surface area contributed by atoms with E-state index in [1.807, 2.05) is 24.8 Å². The lowest BCUT2D eigenvalue weighted by Gasteiger charge is -2.23. The van der Waals surface area contributed by atoms with E-state index in [4.69, 9.17) is 0 Å². The van der Waals surface area contributed by atoms with E-state index in [0.29, 0.717) is 17.9 Å². The van der Waals surface area contributed by atoms with Crippen molar-refractivity contribution in [3.63, 3.8) is 0 Å². The van der Waals surface area contributed by atoms with Crippen molar-refractivity contribution in [2.75, 3.05) is 24.2 Å². The fourth-order valence-electron chi connectivity index (χ4n) is 2.26. The Balaban J connectivity index is 2.06. The maximum atomic E-state index is 12.4. The SMILES string of the molecule is CCNc1ncc(Br)cc1C(=O)NCC1(C)CCCS1. The minimum absolute atomic E-state index is 0.0662. The molecule has 1 unspecified atom stereocenters. The van der Waals surface area contributed by atoms with Gasteiger partial charge >= 0.3 is 0 Å². The van der Waals surface area contributed by atoms with Gasteiger partial charge in [-0.1, -0.05) is 0 Å². The third-order valence-corrected chi connectivity index (χ3v) is 5.34. The van der Waals surface area contributed by atoms with Gasteiger partial charge in [0.25, 0.3) is 5.91 Å². The Labute approximate surface area is 132 Å². The maximum Gasteiger partial charge on any atom is 0.255 e. The number of aromatic nitrogens is 1. The molecule has 2 rings (SSSR count). The van der Waals surface area contributed by atoms with Crippen LogP contribution in [0, 0.1) is 0 Å². The zero-order valence-corrected chi connectivity index (χ0v) is 14.2. The number of nitrogens with zero attached hydrogens (tertiary/aromatic N) is 1. The third kappa shape index (κ3) is 3.88. The summed E-state index contributed by atoms with van der Waals surface area (Å²) in [5.41, 5.74) is 0.591. The summed E-state index contributed by atoms with van der Waals surface area (Å²) < 4.78 is 0.985. The van der Waals surface area contributed by atoms with Crippen molar-refractivity contribution in [3.05, 3.63) is 22.3 Å². The molecule has 4 nitrogen and oxygen atoms in total. The molecule has 1 amide bonds. The second-order valence-electron chi connectivity index (χ2n) is 5.16. The molecule has 2 N–H and O–H groups in total. The van der Waals surface area contributed by atoms with Gasteiger partial charge in [-0.3, -0.25) is 4.79 Å². The van der Waals surface area contributed by atoms with Crippen molar-refractivity contribution in [3.8, 4) is 0 Å². The molecule has 1 aromatic heterocycles. The van der Waals surface area contributed by atoms with Crippen LogP contribution < -0.4 is 10.6 Å². The van der Waals surface area contributed by atoms with Crippen LogP contribution in [0.4, 0.5) is 5.82 Å². The Bertz CT molecular complexity index is 489. The summed E-state index contributed by atoms with van der Waals surface area (Å²) in [6.45, 7) is 5.65. The van der Waals surface area contributed by atoms with Gasteiger partial charge in [-0.15, -0.1) is 0 Å². The molecule has 0 bridgehead atoms. The molecule has 1 atom stereocenters. The maximum absolute atomic E-state index is 12.4. The summed E-state index contributed by atoms with van der Waals surface area (Å²) in [5.74, 6) is 1.76. The fourth-order valence-corrected chi connectivity index (χ4v) is 3.84. The van der Waals surface area contributed by atoms with Gasteiger partial charge < -0.3 is 10.6 Å². The highest BCUT2D eigenvalue weighted by Crippen LogP contribution is 2.37. The summed E-state index contributed by atoms with van der Waals surface area (Å²) >= 11 is 5.31. The van der Waals surface area contributed by atoms with E-state index >= 15 is 0 Å². The smallest absolute Gasteiger partial charge is 0.255 e. The molecule has 6 heteroatoms. The Hall–Kier alpha value is -0.750. The van der Waals surface area contributed by atoms with Crippen LogP contribution in [0.15, 0.2) is 16.7 Å². The van der Waals surface area contributed by atoms with Gasteiger partial charge in [0.1, 0.15) is 5.82 Å². The molecule has 0 saturated carbocycles. The lowest BCUT2D eigenvalue weighted by molar-refractivity contribution is 0.0950. The zero-order chi connectivity index (χ0) is 14.6. The molecule has 20 heavy (non-hydrogen) atoms. The summed E-state index contributed by atoms with van der Waals surface area (Å²) in [6, 6.07) is 1.81. The number of carbonyl (C=O) groups is 1. The summed E-state index contributed by atoms with van der Waals surface area (Å²) in [7, 11) is 0. The molecule has 1 aliphatic heterocycles. The van der Waals surface area contributed by atoms with E-state index < -0.39 is 0 Å². The number of carbonyl (C=O) groups excluding carboxylic acids is 1. The van der Waals surface area contributed by atoms with Crippen LogP contribution in [-0.4, -0.2) is 34.5 Å². The van der Waals surface area contributed by atoms with Crippen molar-refractivity contribution in [2.45, 2.75) is 31.4 Å². The Morgan fingerprint density at radius 3 is 3.05 bits per heavy atom. The normalized spacial score (nSPS) is 21.8. The van der Waals surface area contributed by atoms with E-state index in [0.717, 1.165) is 17.4 Å². The summed E-state index contributed by atoms with van der Waals surface area (Å²) in [5, 5.41) is 6.17. The molecule has 1 saturated heterocycles. The number of pyridine rings is 1. The Kier molecular flexibility index (Phi) is 5.32. The lowest BCUT2D eigenvalue weighted by Crippen LogP contribution is -2.37. The van der Waals surface area contributed by atoms with Gasteiger partial charge in [-0.25, -0.2) is 4.98 Å². The number of nitrogens with one attached hydrogen (secondary N) is 2. The highest BCUT2D eigenvalue weighted by atomic mass is 79.9. The number of rotatable bonds is 5. The van der Waals surface area contributed by atoms with E-state index in [9.17, 15) is 4.79 Å². The first-order valence-corrected chi connectivity index (χ1v) is 8.63. The molecule has 0 aromatic carbocycles. The predicted octanol–water partition coefficient (Wildman–Crippen LogP) is 3.29. The van der Waals surface area contributed by atoms with Crippen molar-refractivity contribution >= 4 is 39.4 Å². The average Bonchev–Trinajstić information content (AvgIpc) is 2.86. The molecule has 0 aliphatic carbocycles. The molecule has 1 aromatic rings. The van der Waals surface area contributed by atoms with Crippen LogP contribution in [0.3, 0.4) is 0 Å². The lowest BCUT2D eigenvalue weighted by atomic mass is 10.1. The average molecular weight is 358 g/mol. The van der Waals surface area contributed by atoms with Crippen LogP contribution in [0.2, 0.25) is 0 Å². The van der Waals surface area contributed by atoms with E-state index in [2.05, 4.69) is 38.5 Å². The second-order valence-corrected chi connectivity index (χ2v) is 7.76. The second kappa shape index (κ2) is 6.80. The van der Waals surface area contributed by atoms with Crippen molar-refractivity contribution in [1.82, 2.24) is 10.3 Å². The van der Waals surface area contributed by atoms with Crippen LogP contribution in [-0.2, 0) is 0 Å². The third-order valence-electron chi connectivity index (χ3n) is 3.37. The summed E-state index contributed by atoms with van der Waals surface area (Å²) in [6.07, 6.45) is 4.09. The van der Waals surface area contributed by atoms with Crippen LogP contribution in [0.1, 0.15) is 37.0 Å². The quantitative estimate of drug-likeness (QED) is 0.848. The van der Waals surface area contributed by atoms with Gasteiger partial charge in [0, 0.05) is 28.5 Å². The molecule has 1 fully saturated rings. The molecule has 0 spiro atoms. The minimum atomic E-state index is -0.0662. The predicted molar refractivity (Wildman–Crippen MR) is 88.5 cm³/mol. The molecular formula is C14H20BrN3OS. The van der Waals surface area contributed by atoms with E-state index in [1.54, 1.807) is 6.20 Å². The Morgan fingerprint density at radius 2 is 2.40 bits per heavy atom. The first-order chi connectivity index (χ1) is 9.54. The van der Waals surface area contributed by atoms with E-state index in [-0.39, 0.29) is 10.7 Å². The molecule has 110 valence electrons. The number of thioether (sulfide) groups is 1. The van der Waals surface area contributed by atoms with Crippen molar-refractivity contribution in [1.29, 1.82) is 0 Å². The van der Waals surface area contributed by atoms with Gasteiger partial charge in [0.2, 0.25) is 0 Å². The van der Waals surface area contributed by atoms with Crippen molar-refractivity contribution in [2.24, 2.45) is 0 Å². The first kappa shape index (κ1) is 15.6. The highest BCUT2D eigenvalue weighted by molar-refractivity contribution is 9.10. The van der Waals surface area contributed by atoms with E-state index in [1.165, 1.54) is 12.2 Å². The van der Waals surface area contributed by atoms with Crippen LogP contribution >= 0.6 is 27.7 Å². The minimum Gasteiger partial charge on any atom is -0.370 e. The standard InChI is InChI=1S/C14H20BrN3OS/c1-3-16-12-11(7-10(15)8-17-12)13(19)18-9-14(2)5-4-6-20-14/h7-8H,3-6,9H2,1-2H3,(H,16,17)(H,18,19). The topological polar surface area (TPSA) is 54.0 Å². The van der Waals surface area contributed by atoms with Gasteiger partial charge in [0.05, 0.1) is 5.56 Å². The molecule has 1 aliphatic rings. The number of halogens is 1. The zero-order valence-electron chi connectivity index (χ0n) is 11.8. The van der Waals surface area contributed by atoms with Gasteiger partial charge in [-0.05, 0) is 54.4 Å². The number of hydrogen-bond donors (Lipinski definition) is 2. The Morgan fingerprint density at radius 1 is 1.60 bits per heavy atom. The van der Waals surface area contributed by atoms with Crippen LogP contribution in [0.25, 0.3) is 0 Å². The molecule has 0 radical (unpaired) electrons. The monoisotopic (exact) mass is 357 g/mol. The van der Waals surface area contributed by atoms with Crippen LogP contribution in [0.5, 0.6) is 0 Å².